The van der Waals surface area contributed by atoms with Crippen molar-refractivity contribution in [2.75, 3.05) is 20.2 Å². The lowest BCUT2D eigenvalue weighted by atomic mass is 10.2. The molecule has 1 amide bonds. The first kappa shape index (κ1) is 20.3. The smallest absolute Gasteiger partial charge is 0.262 e. The number of hydrogen-bond acceptors (Lipinski definition) is 6. The number of nitrogens with zero attached hydrogens (tertiary/aromatic N) is 3. The lowest BCUT2D eigenvalue weighted by Crippen LogP contribution is -2.43. The van der Waals surface area contributed by atoms with Gasteiger partial charge in [0.25, 0.3) is 5.56 Å². The minimum absolute atomic E-state index is 0.0844. The molecule has 0 saturated heterocycles. The van der Waals surface area contributed by atoms with E-state index >= 15 is 0 Å². The zero-order valence-corrected chi connectivity index (χ0v) is 18.2. The Morgan fingerprint density at radius 2 is 1.91 bits per heavy atom. The number of aromatic nitrogens is 2. The highest BCUT2D eigenvalue weighted by atomic mass is 32.1. The Labute approximate surface area is 188 Å². The first-order valence-corrected chi connectivity index (χ1v) is 11.1. The zero-order valence-electron chi connectivity index (χ0n) is 17.4. The molecule has 0 fully saturated rings. The molecule has 2 aromatic carbocycles. The van der Waals surface area contributed by atoms with Crippen LogP contribution in [0.15, 0.2) is 71.8 Å². The van der Waals surface area contributed by atoms with Crippen LogP contribution in [0.3, 0.4) is 0 Å². The lowest BCUT2D eigenvalue weighted by molar-refractivity contribution is -0.132. The van der Waals surface area contributed by atoms with Gasteiger partial charge in [0.05, 0.1) is 18.3 Å². The molecular formula is C24H21N3O4S. The maximum atomic E-state index is 13.0. The Kier molecular flexibility index (Phi) is 5.36. The van der Waals surface area contributed by atoms with Crippen LogP contribution in [0, 0.1) is 0 Å². The van der Waals surface area contributed by atoms with Gasteiger partial charge in [-0.1, -0.05) is 42.5 Å². The van der Waals surface area contributed by atoms with Gasteiger partial charge in [0.2, 0.25) is 5.91 Å². The van der Waals surface area contributed by atoms with Gasteiger partial charge in [-0.15, -0.1) is 11.3 Å². The Bertz CT molecular complexity index is 1330. The zero-order chi connectivity index (χ0) is 22.1. The SMILES string of the molecule is CN(CC1COc2ccccc2O1)C(=O)Cn1cnc2sc(-c3ccccc3)cc2c1=O. The number of likely N-dealkylation sites (N-methyl/N-ethyl adjacent to an activating group) is 1. The summed E-state index contributed by atoms with van der Waals surface area (Å²) in [5, 5.41) is 0.521. The van der Waals surface area contributed by atoms with Gasteiger partial charge < -0.3 is 14.4 Å². The molecule has 4 aromatic rings. The number of benzene rings is 2. The van der Waals surface area contributed by atoms with Crippen molar-refractivity contribution in [1.82, 2.24) is 14.5 Å². The molecule has 162 valence electrons. The van der Waals surface area contributed by atoms with Crippen LogP contribution in [0.4, 0.5) is 0 Å². The molecule has 7 nitrogen and oxygen atoms in total. The number of amides is 1. The van der Waals surface area contributed by atoms with Crippen molar-refractivity contribution < 1.29 is 14.3 Å². The van der Waals surface area contributed by atoms with Crippen LogP contribution in [0.1, 0.15) is 0 Å². The van der Waals surface area contributed by atoms with Crippen LogP contribution >= 0.6 is 11.3 Å². The maximum Gasteiger partial charge on any atom is 0.262 e. The third-order valence-electron chi connectivity index (χ3n) is 5.35. The largest absolute Gasteiger partial charge is 0.486 e. The highest BCUT2D eigenvalue weighted by Crippen LogP contribution is 2.31. The van der Waals surface area contributed by atoms with Gasteiger partial charge in [0.1, 0.15) is 18.0 Å². The third-order valence-corrected chi connectivity index (χ3v) is 6.44. The topological polar surface area (TPSA) is 73.7 Å². The summed E-state index contributed by atoms with van der Waals surface area (Å²) in [6.45, 7) is 0.631. The fraction of sp³-hybridized carbons (Fsp3) is 0.208. The molecule has 5 rings (SSSR count). The summed E-state index contributed by atoms with van der Waals surface area (Å²) in [7, 11) is 1.70. The van der Waals surface area contributed by atoms with Gasteiger partial charge in [-0.25, -0.2) is 4.98 Å². The molecule has 1 atom stereocenters. The summed E-state index contributed by atoms with van der Waals surface area (Å²) in [4.78, 5) is 33.4. The number of fused-ring (bicyclic) bond motifs is 2. The fourth-order valence-corrected chi connectivity index (χ4v) is 4.64. The normalized spacial score (nSPS) is 15.0. The van der Waals surface area contributed by atoms with Gasteiger partial charge >= 0.3 is 0 Å². The quantitative estimate of drug-likeness (QED) is 0.469. The molecule has 0 bridgehead atoms. The molecule has 1 aliphatic rings. The number of thiophene rings is 1. The summed E-state index contributed by atoms with van der Waals surface area (Å²) >= 11 is 1.47. The molecule has 1 unspecified atom stereocenters. The first-order valence-electron chi connectivity index (χ1n) is 10.3. The number of rotatable bonds is 5. The molecule has 0 spiro atoms. The molecule has 0 saturated carbocycles. The Morgan fingerprint density at radius 3 is 2.72 bits per heavy atom. The average molecular weight is 448 g/mol. The van der Waals surface area contributed by atoms with E-state index in [0.29, 0.717) is 34.9 Å². The van der Waals surface area contributed by atoms with Gasteiger partial charge in [-0.05, 0) is 23.8 Å². The Balaban J connectivity index is 1.29. The van der Waals surface area contributed by atoms with Crippen molar-refractivity contribution in [2.45, 2.75) is 12.6 Å². The number of para-hydroxylation sites is 2. The molecule has 8 heteroatoms. The van der Waals surface area contributed by atoms with Crippen LogP contribution < -0.4 is 15.0 Å². The molecule has 3 heterocycles. The van der Waals surface area contributed by atoms with E-state index < -0.39 is 0 Å². The second-order valence-corrected chi connectivity index (χ2v) is 8.68. The predicted octanol–water partition coefficient (Wildman–Crippen LogP) is 3.42. The summed E-state index contributed by atoms with van der Waals surface area (Å²) in [6, 6.07) is 19.2. The number of carbonyl (C=O) groups is 1. The van der Waals surface area contributed by atoms with Gasteiger partial charge in [-0.3, -0.25) is 14.2 Å². The molecule has 1 aliphatic heterocycles. The summed E-state index contributed by atoms with van der Waals surface area (Å²) in [6.07, 6.45) is 1.17. The highest BCUT2D eigenvalue weighted by Gasteiger charge is 2.24. The molecule has 0 radical (unpaired) electrons. The van der Waals surface area contributed by atoms with Crippen molar-refractivity contribution >= 4 is 27.5 Å². The van der Waals surface area contributed by atoms with Crippen molar-refractivity contribution in [3.63, 3.8) is 0 Å². The fourth-order valence-electron chi connectivity index (χ4n) is 3.64. The molecule has 0 aliphatic carbocycles. The van der Waals surface area contributed by atoms with Crippen molar-refractivity contribution in [3.05, 3.63) is 77.3 Å². The van der Waals surface area contributed by atoms with E-state index in [-0.39, 0.29) is 24.1 Å². The lowest BCUT2D eigenvalue weighted by Gasteiger charge is -2.29. The number of hydrogen-bond donors (Lipinski definition) is 0. The van der Waals surface area contributed by atoms with Gasteiger partial charge in [-0.2, -0.15) is 0 Å². The molecular weight excluding hydrogens is 426 g/mol. The van der Waals surface area contributed by atoms with E-state index in [1.165, 1.54) is 22.2 Å². The maximum absolute atomic E-state index is 13.0. The van der Waals surface area contributed by atoms with E-state index in [0.717, 1.165) is 10.4 Å². The second kappa shape index (κ2) is 8.47. The van der Waals surface area contributed by atoms with Crippen molar-refractivity contribution in [3.8, 4) is 21.9 Å². The van der Waals surface area contributed by atoms with Gasteiger partial charge in [0, 0.05) is 11.9 Å². The van der Waals surface area contributed by atoms with Crippen LogP contribution in [0.25, 0.3) is 20.7 Å². The number of ether oxygens (including phenoxy) is 2. The monoisotopic (exact) mass is 447 g/mol. The summed E-state index contributed by atoms with van der Waals surface area (Å²) < 4.78 is 13.0. The van der Waals surface area contributed by atoms with Crippen LogP contribution in [-0.4, -0.2) is 46.7 Å². The first-order chi connectivity index (χ1) is 15.6. The minimum atomic E-state index is -0.276. The van der Waals surface area contributed by atoms with Crippen molar-refractivity contribution in [1.29, 1.82) is 0 Å². The Hall–Kier alpha value is -3.65. The second-order valence-electron chi connectivity index (χ2n) is 7.64. The van der Waals surface area contributed by atoms with Crippen LogP contribution in [0.5, 0.6) is 11.5 Å². The van der Waals surface area contributed by atoms with E-state index in [2.05, 4.69) is 4.98 Å². The summed E-state index contributed by atoms with van der Waals surface area (Å²) in [5.41, 5.74) is 0.815. The van der Waals surface area contributed by atoms with E-state index in [9.17, 15) is 9.59 Å². The summed E-state index contributed by atoms with van der Waals surface area (Å²) in [5.74, 6) is 1.17. The minimum Gasteiger partial charge on any atom is -0.486 e. The van der Waals surface area contributed by atoms with Gasteiger partial charge in [0.15, 0.2) is 17.6 Å². The van der Waals surface area contributed by atoms with Crippen molar-refractivity contribution in [2.24, 2.45) is 0 Å². The molecule has 32 heavy (non-hydrogen) atoms. The van der Waals surface area contributed by atoms with E-state index in [4.69, 9.17) is 9.47 Å². The predicted molar refractivity (Wildman–Crippen MR) is 123 cm³/mol. The highest BCUT2D eigenvalue weighted by molar-refractivity contribution is 7.21. The van der Waals surface area contributed by atoms with Crippen LogP contribution in [-0.2, 0) is 11.3 Å². The van der Waals surface area contributed by atoms with E-state index in [1.807, 2.05) is 60.7 Å². The van der Waals surface area contributed by atoms with E-state index in [1.54, 1.807) is 11.9 Å². The molecule has 2 aromatic heterocycles. The standard InChI is InChI=1S/C24H21N3O4S/c1-26(12-17-14-30-19-9-5-6-10-20(19)31-17)22(28)13-27-15-25-23-18(24(27)29)11-21(32-23)16-7-3-2-4-8-16/h2-11,15,17H,12-14H2,1H3. The molecule has 0 N–H and O–H groups in total. The average Bonchev–Trinajstić information content (AvgIpc) is 3.26. The number of carbonyl (C=O) groups excluding carboxylic acids is 1. The third kappa shape index (κ3) is 3.97. The van der Waals surface area contributed by atoms with Crippen LogP contribution in [0.2, 0.25) is 0 Å². The Morgan fingerprint density at radius 1 is 1.16 bits per heavy atom.